The molecule has 0 radical (unpaired) electrons. The van der Waals surface area contributed by atoms with E-state index in [0.29, 0.717) is 12.0 Å². The molecule has 1 heterocycles. The van der Waals surface area contributed by atoms with E-state index in [4.69, 9.17) is 4.74 Å². The average Bonchev–Trinajstić information content (AvgIpc) is 3.29. The molecule has 5 heteroatoms. The van der Waals surface area contributed by atoms with E-state index < -0.39 is 0 Å². The van der Waals surface area contributed by atoms with Crippen molar-refractivity contribution in [2.45, 2.75) is 57.2 Å². The summed E-state index contributed by atoms with van der Waals surface area (Å²) in [5, 5.41) is 13.4. The number of aliphatic imine (C=N–C) groups is 1. The van der Waals surface area contributed by atoms with E-state index in [1.807, 2.05) is 7.05 Å². The maximum atomic E-state index is 9.92. The van der Waals surface area contributed by atoms with Crippen LogP contribution in [0.15, 0.2) is 4.99 Å². The average molecular weight is 309 g/mol. The van der Waals surface area contributed by atoms with Gasteiger partial charge >= 0.3 is 0 Å². The Hall–Kier alpha value is -0.810. The molecule has 5 nitrogen and oxygen atoms in total. The number of rotatable bonds is 5. The summed E-state index contributed by atoms with van der Waals surface area (Å²) in [6.07, 6.45) is 8.45. The van der Waals surface area contributed by atoms with Crippen LogP contribution in [-0.2, 0) is 4.74 Å². The third-order valence-corrected chi connectivity index (χ3v) is 5.36. The molecule has 0 bridgehead atoms. The zero-order valence-electron chi connectivity index (χ0n) is 13.8. The van der Waals surface area contributed by atoms with Gasteiger partial charge in [0.25, 0.3) is 0 Å². The number of hydrogen-bond donors (Lipinski definition) is 2. The van der Waals surface area contributed by atoms with Crippen LogP contribution in [-0.4, -0.2) is 61.5 Å². The predicted molar refractivity (Wildman–Crippen MR) is 88.0 cm³/mol. The Labute approximate surface area is 134 Å². The van der Waals surface area contributed by atoms with E-state index in [1.165, 1.54) is 12.8 Å². The molecule has 3 aliphatic rings. The number of piperidine rings is 1. The Balaban J connectivity index is 1.38. The maximum Gasteiger partial charge on any atom is 0.193 e. The summed E-state index contributed by atoms with van der Waals surface area (Å²) in [5.74, 6) is 2.22. The van der Waals surface area contributed by atoms with Crippen molar-refractivity contribution in [3.8, 4) is 0 Å². The molecule has 2 aliphatic carbocycles. The van der Waals surface area contributed by atoms with Crippen molar-refractivity contribution in [2.24, 2.45) is 16.8 Å². The molecule has 3 rings (SSSR count). The summed E-state index contributed by atoms with van der Waals surface area (Å²) in [5.41, 5.74) is 0. The van der Waals surface area contributed by atoms with Crippen LogP contribution in [0.4, 0.5) is 0 Å². The number of ether oxygens (including phenoxy) is 1. The molecule has 2 unspecified atom stereocenters. The summed E-state index contributed by atoms with van der Waals surface area (Å²) in [6, 6.07) is 0. The van der Waals surface area contributed by atoms with Crippen molar-refractivity contribution < 1.29 is 9.84 Å². The molecule has 1 aliphatic heterocycles. The lowest BCUT2D eigenvalue weighted by atomic mass is 10.1. The molecule has 126 valence electrons. The van der Waals surface area contributed by atoms with Gasteiger partial charge in [-0.3, -0.25) is 4.99 Å². The number of guanidine groups is 1. The summed E-state index contributed by atoms with van der Waals surface area (Å²) in [4.78, 5) is 6.75. The molecule has 2 N–H and O–H groups in total. The molecule has 0 aromatic carbocycles. The first-order valence-corrected chi connectivity index (χ1v) is 9.01. The standard InChI is InChI=1S/C17H31N3O2/c1-18-17(19-11-14-3-2-4-16(14)21)20-9-7-15(8-10-20)22-12-13-5-6-13/h13-16,21H,2-12H2,1H3,(H,18,19). The van der Waals surface area contributed by atoms with Crippen LogP contribution >= 0.6 is 0 Å². The highest BCUT2D eigenvalue weighted by Gasteiger charge is 2.28. The number of nitrogens with zero attached hydrogens (tertiary/aromatic N) is 2. The molecule has 0 aromatic rings. The third-order valence-electron chi connectivity index (χ3n) is 5.36. The molecule has 1 saturated heterocycles. The van der Waals surface area contributed by atoms with Gasteiger partial charge in [0.05, 0.1) is 12.2 Å². The van der Waals surface area contributed by atoms with E-state index in [2.05, 4.69) is 15.2 Å². The molecular weight excluding hydrogens is 278 g/mol. The van der Waals surface area contributed by atoms with Gasteiger partial charge in [0.15, 0.2) is 5.96 Å². The lowest BCUT2D eigenvalue weighted by Gasteiger charge is -2.34. The van der Waals surface area contributed by atoms with Gasteiger partial charge < -0.3 is 20.1 Å². The fraction of sp³-hybridized carbons (Fsp3) is 0.941. The first-order chi connectivity index (χ1) is 10.8. The van der Waals surface area contributed by atoms with Crippen molar-refractivity contribution in [3.05, 3.63) is 0 Å². The highest BCUT2D eigenvalue weighted by atomic mass is 16.5. The minimum Gasteiger partial charge on any atom is -0.393 e. The predicted octanol–water partition coefficient (Wildman–Crippen LogP) is 1.61. The van der Waals surface area contributed by atoms with Gasteiger partial charge in [-0.1, -0.05) is 6.42 Å². The molecule has 2 atom stereocenters. The highest BCUT2D eigenvalue weighted by molar-refractivity contribution is 5.79. The molecule has 0 amide bonds. The number of nitrogens with one attached hydrogen (secondary N) is 1. The minimum absolute atomic E-state index is 0.132. The Morgan fingerprint density at radius 1 is 1.18 bits per heavy atom. The van der Waals surface area contributed by atoms with Crippen molar-refractivity contribution in [2.75, 3.05) is 33.3 Å². The van der Waals surface area contributed by atoms with Gasteiger partial charge in [0.1, 0.15) is 0 Å². The second-order valence-corrected chi connectivity index (χ2v) is 7.15. The molecule has 0 aromatic heterocycles. The Morgan fingerprint density at radius 2 is 1.95 bits per heavy atom. The third kappa shape index (κ3) is 4.35. The van der Waals surface area contributed by atoms with Gasteiger partial charge in [-0.25, -0.2) is 0 Å². The van der Waals surface area contributed by atoms with Crippen LogP contribution in [0, 0.1) is 11.8 Å². The first kappa shape index (κ1) is 16.1. The number of aliphatic hydroxyl groups is 1. The zero-order chi connectivity index (χ0) is 15.4. The van der Waals surface area contributed by atoms with E-state index in [0.717, 1.165) is 70.2 Å². The summed E-state index contributed by atoms with van der Waals surface area (Å²) in [6.45, 7) is 3.84. The van der Waals surface area contributed by atoms with Crippen LogP contribution in [0.1, 0.15) is 44.9 Å². The maximum absolute atomic E-state index is 9.92. The zero-order valence-corrected chi connectivity index (χ0v) is 13.8. The monoisotopic (exact) mass is 309 g/mol. The van der Waals surface area contributed by atoms with E-state index >= 15 is 0 Å². The Bertz CT molecular complexity index is 376. The van der Waals surface area contributed by atoms with E-state index in [9.17, 15) is 5.11 Å². The lowest BCUT2D eigenvalue weighted by molar-refractivity contribution is 0.0130. The van der Waals surface area contributed by atoms with Crippen LogP contribution in [0.5, 0.6) is 0 Å². The van der Waals surface area contributed by atoms with Crippen LogP contribution in [0.3, 0.4) is 0 Å². The van der Waals surface area contributed by atoms with E-state index in [1.54, 1.807) is 0 Å². The summed E-state index contributed by atoms with van der Waals surface area (Å²) < 4.78 is 6.00. The number of hydrogen-bond acceptors (Lipinski definition) is 3. The number of aliphatic hydroxyl groups excluding tert-OH is 1. The number of likely N-dealkylation sites (tertiary alicyclic amines) is 1. The molecular formula is C17H31N3O2. The summed E-state index contributed by atoms with van der Waals surface area (Å²) in [7, 11) is 1.85. The normalized spacial score (nSPS) is 30.8. The second kappa shape index (κ2) is 7.64. The Kier molecular flexibility index (Phi) is 5.58. The van der Waals surface area contributed by atoms with Crippen molar-refractivity contribution >= 4 is 5.96 Å². The van der Waals surface area contributed by atoms with Crippen LogP contribution < -0.4 is 5.32 Å². The van der Waals surface area contributed by atoms with Gasteiger partial charge in [-0.05, 0) is 44.4 Å². The van der Waals surface area contributed by atoms with Crippen molar-refractivity contribution in [1.29, 1.82) is 0 Å². The minimum atomic E-state index is -0.132. The van der Waals surface area contributed by atoms with Crippen molar-refractivity contribution in [3.63, 3.8) is 0 Å². The molecule has 3 fully saturated rings. The van der Waals surface area contributed by atoms with E-state index in [-0.39, 0.29) is 6.10 Å². The van der Waals surface area contributed by atoms with Gasteiger partial charge in [0.2, 0.25) is 0 Å². The van der Waals surface area contributed by atoms with Gasteiger partial charge in [0, 0.05) is 39.2 Å². The quantitative estimate of drug-likeness (QED) is 0.598. The summed E-state index contributed by atoms with van der Waals surface area (Å²) >= 11 is 0. The smallest absolute Gasteiger partial charge is 0.193 e. The van der Waals surface area contributed by atoms with Gasteiger partial charge in [-0.2, -0.15) is 0 Å². The lowest BCUT2D eigenvalue weighted by Crippen LogP contribution is -2.48. The largest absolute Gasteiger partial charge is 0.393 e. The highest BCUT2D eigenvalue weighted by Crippen LogP contribution is 2.30. The van der Waals surface area contributed by atoms with Crippen LogP contribution in [0.25, 0.3) is 0 Å². The Morgan fingerprint density at radius 3 is 2.55 bits per heavy atom. The topological polar surface area (TPSA) is 57.1 Å². The second-order valence-electron chi connectivity index (χ2n) is 7.15. The van der Waals surface area contributed by atoms with Crippen LogP contribution in [0.2, 0.25) is 0 Å². The fourth-order valence-electron chi connectivity index (χ4n) is 3.60. The SMILES string of the molecule is CN=C(NCC1CCCC1O)N1CCC(OCC2CC2)CC1. The van der Waals surface area contributed by atoms with Crippen molar-refractivity contribution in [1.82, 2.24) is 10.2 Å². The van der Waals surface area contributed by atoms with Gasteiger partial charge in [-0.15, -0.1) is 0 Å². The first-order valence-electron chi connectivity index (χ1n) is 9.01. The molecule has 22 heavy (non-hydrogen) atoms. The fourth-order valence-corrected chi connectivity index (χ4v) is 3.60. The molecule has 2 saturated carbocycles. The molecule has 0 spiro atoms.